The summed E-state index contributed by atoms with van der Waals surface area (Å²) in [6, 6.07) is 11.4. The highest BCUT2D eigenvalue weighted by atomic mass is 16.7. The third-order valence-corrected chi connectivity index (χ3v) is 3.67. The van der Waals surface area contributed by atoms with Crippen molar-refractivity contribution in [2.75, 3.05) is 6.61 Å². The number of carbonyl (C=O) groups excluding carboxylic acids is 1. The van der Waals surface area contributed by atoms with Gasteiger partial charge in [0.2, 0.25) is 0 Å². The van der Waals surface area contributed by atoms with Gasteiger partial charge in [-0.25, -0.2) is 4.79 Å². The van der Waals surface area contributed by atoms with Crippen LogP contribution in [-0.2, 0) is 16.1 Å². The lowest BCUT2D eigenvalue weighted by Crippen LogP contribution is -2.76. The minimum atomic E-state index is -0.630. The highest BCUT2D eigenvalue weighted by Gasteiger charge is 2.10. The number of non-ortho nitro benzene ring substituents is 1. The van der Waals surface area contributed by atoms with Crippen molar-refractivity contribution < 1.29 is 24.4 Å². The van der Waals surface area contributed by atoms with Crippen LogP contribution >= 0.6 is 0 Å². The molecule has 0 radical (unpaired) electrons. The molecule has 8 nitrogen and oxygen atoms in total. The highest BCUT2D eigenvalue weighted by Crippen LogP contribution is 2.16. The number of nitrogens with zero attached hydrogens (tertiary/aromatic N) is 1. The van der Waals surface area contributed by atoms with Crippen molar-refractivity contribution in [3.63, 3.8) is 0 Å². The first kappa shape index (κ1) is 18.9. The maximum atomic E-state index is 11.7. The smallest absolute Gasteiger partial charge is 0.394 e. The van der Waals surface area contributed by atoms with Gasteiger partial charge in [0.1, 0.15) is 5.75 Å². The van der Waals surface area contributed by atoms with E-state index in [0.29, 0.717) is 5.75 Å². The van der Waals surface area contributed by atoms with E-state index in [1.807, 2.05) is 26.0 Å². The fraction of sp³-hybridized carbons (Fsp3) is 0.222. The van der Waals surface area contributed by atoms with E-state index in [9.17, 15) is 14.9 Å². The maximum absolute atomic E-state index is 11.7. The van der Waals surface area contributed by atoms with E-state index < -0.39 is 10.9 Å². The molecule has 0 saturated heterocycles. The average Bonchev–Trinajstić information content (AvgIpc) is 2.61. The van der Waals surface area contributed by atoms with E-state index in [-0.39, 0.29) is 24.6 Å². The van der Waals surface area contributed by atoms with Crippen molar-refractivity contribution in [2.45, 2.75) is 20.3 Å². The molecule has 0 spiro atoms. The number of ether oxygens (including phenoxy) is 1. The number of benzene rings is 2. The normalized spacial score (nSPS) is 11.1. The van der Waals surface area contributed by atoms with Gasteiger partial charge in [-0.2, -0.15) is 0 Å². The first-order chi connectivity index (χ1) is 12.3. The van der Waals surface area contributed by atoms with E-state index in [2.05, 4.69) is 5.16 Å². The first-order valence-electron chi connectivity index (χ1n) is 7.85. The third-order valence-electron chi connectivity index (χ3n) is 3.67. The fourth-order valence-electron chi connectivity index (χ4n) is 2.09. The number of hydrogen-bond donors (Lipinski definition) is 2. The van der Waals surface area contributed by atoms with Gasteiger partial charge in [0.15, 0.2) is 6.61 Å². The number of rotatable bonds is 7. The summed E-state index contributed by atoms with van der Waals surface area (Å²) < 4.78 is 5.36. The molecular weight excluding hydrogens is 338 g/mol. The van der Waals surface area contributed by atoms with Gasteiger partial charge in [-0.3, -0.25) is 20.7 Å². The monoisotopic (exact) mass is 358 g/mol. The average molecular weight is 358 g/mol. The van der Waals surface area contributed by atoms with Gasteiger partial charge < -0.3 is 4.74 Å². The van der Waals surface area contributed by atoms with Gasteiger partial charge in [0, 0.05) is 12.1 Å². The minimum absolute atomic E-state index is 0.00444. The second kappa shape index (κ2) is 8.61. The molecule has 26 heavy (non-hydrogen) atoms. The molecule has 0 aromatic heterocycles. The zero-order chi connectivity index (χ0) is 19.1. The lowest BCUT2D eigenvalue weighted by Gasteiger charge is -2.06. The first-order valence-corrected chi connectivity index (χ1v) is 7.85. The molecule has 136 valence electrons. The molecule has 0 heterocycles. The maximum Gasteiger partial charge on any atom is 0.394 e. The number of carbonyl (C=O) groups is 1. The molecular formula is C18H20N3O5+. The van der Waals surface area contributed by atoms with Crippen molar-refractivity contribution in [3.05, 3.63) is 69.3 Å². The topological polar surface area (TPSA) is 119 Å². The summed E-state index contributed by atoms with van der Waals surface area (Å²) in [6.07, 6.45) is 0.253. The summed E-state index contributed by atoms with van der Waals surface area (Å²) in [6.45, 7) is 3.68. The molecule has 0 atom stereocenters. The van der Waals surface area contributed by atoms with Gasteiger partial charge in [0.25, 0.3) is 11.5 Å². The van der Waals surface area contributed by atoms with Crippen LogP contribution in [0.5, 0.6) is 5.75 Å². The SMILES string of the molecule is Cc1ccc(OCC(=O)O[NH+]=C(N)Cc2ccc([N+](=O)[O-])cc2)cc1C. The van der Waals surface area contributed by atoms with Crippen LogP contribution in [0, 0.1) is 24.0 Å². The molecule has 0 saturated carbocycles. The number of aryl methyl sites for hydroxylation is 2. The van der Waals surface area contributed by atoms with Crippen molar-refractivity contribution in [1.82, 2.24) is 0 Å². The Morgan fingerprint density at radius 3 is 2.46 bits per heavy atom. The van der Waals surface area contributed by atoms with Crippen LogP contribution in [-0.4, -0.2) is 23.3 Å². The van der Waals surface area contributed by atoms with E-state index >= 15 is 0 Å². The van der Waals surface area contributed by atoms with Crippen LogP contribution in [0.3, 0.4) is 0 Å². The number of nitro benzene ring substituents is 1. The molecule has 8 heteroatoms. The molecule has 0 fully saturated rings. The van der Waals surface area contributed by atoms with Crippen LogP contribution in [0.15, 0.2) is 42.5 Å². The Labute approximate surface area is 150 Å². The summed E-state index contributed by atoms with van der Waals surface area (Å²) in [5, 5.41) is 13.0. The lowest BCUT2D eigenvalue weighted by molar-refractivity contribution is -0.725. The molecule has 3 N–H and O–H groups in total. The molecule has 2 aromatic rings. The summed E-state index contributed by atoms with van der Waals surface area (Å²) in [5.41, 5.74) is 8.68. The number of nitrogens with two attached hydrogens (primary N) is 1. The Balaban J connectivity index is 1.82. The number of amidine groups is 1. The van der Waals surface area contributed by atoms with Crippen LogP contribution in [0.1, 0.15) is 16.7 Å². The van der Waals surface area contributed by atoms with Gasteiger partial charge >= 0.3 is 5.97 Å². The van der Waals surface area contributed by atoms with Crippen LogP contribution in [0.2, 0.25) is 0 Å². The summed E-state index contributed by atoms with van der Waals surface area (Å²) in [4.78, 5) is 26.6. The summed E-state index contributed by atoms with van der Waals surface area (Å²) in [5.74, 6) is 0.140. The van der Waals surface area contributed by atoms with E-state index in [1.54, 1.807) is 18.2 Å². The molecule has 0 amide bonds. The molecule has 0 aliphatic carbocycles. The Morgan fingerprint density at radius 2 is 1.85 bits per heavy atom. The molecule has 2 aromatic carbocycles. The second-order valence-electron chi connectivity index (χ2n) is 5.74. The standard InChI is InChI=1S/C18H19N3O5/c1-12-3-8-16(9-13(12)2)25-11-18(22)26-20-17(19)10-14-4-6-15(7-5-14)21(23)24/h3-9H,10-11H2,1-2H3,(H2,19,20)/p+1. The largest absolute Gasteiger partial charge is 0.482 e. The van der Waals surface area contributed by atoms with Gasteiger partial charge in [0.05, 0.1) is 11.3 Å². The summed E-state index contributed by atoms with van der Waals surface area (Å²) in [7, 11) is 0. The molecule has 0 bridgehead atoms. The molecule has 0 aliphatic heterocycles. The quantitative estimate of drug-likeness (QED) is 0.248. The predicted octanol–water partition coefficient (Wildman–Crippen LogP) is 0.729. The second-order valence-corrected chi connectivity index (χ2v) is 5.74. The Bertz CT molecular complexity index is 831. The predicted molar refractivity (Wildman–Crippen MR) is 94.5 cm³/mol. The van der Waals surface area contributed by atoms with E-state index in [0.717, 1.165) is 16.7 Å². The Hall–Kier alpha value is -3.42. The van der Waals surface area contributed by atoms with Gasteiger partial charge in [-0.1, -0.05) is 23.4 Å². The lowest BCUT2D eigenvalue weighted by atomic mass is 10.1. The van der Waals surface area contributed by atoms with E-state index in [4.69, 9.17) is 15.3 Å². The molecule has 0 aliphatic rings. The van der Waals surface area contributed by atoms with Crippen LogP contribution < -0.4 is 15.6 Å². The molecule has 2 rings (SSSR count). The van der Waals surface area contributed by atoms with Crippen molar-refractivity contribution >= 4 is 17.5 Å². The summed E-state index contributed by atoms with van der Waals surface area (Å²) >= 11 is 0. The third kappa shape index (κ3) is 5.59. The Morgan fingerprint density at radius 1 is 1.15 bits per heavy atom. The van der Waals surface area contributed by atoms with Gasteiger partial charge in [-0.15, -0.1) is 0 Å². The highest BCUT2D eigenvalue weighted by molar-refractivity contribution is 5.77. The zero-order valence-electron chi connectivity index (χ0n) is 14.5. The zero-order valence-corrected chi connectivity index (χ0v) is 14.5. The molecule has 0 unspecified atom stereocenters. The Kier molecular flexibility index (Phi) is 6.26. The van der Waals surface area contributed by atoms with Crippen molar-refractivity contribution in [2.24, 2.45) is 5.73 Å². The van der Waals surface area contributed by atoms with Gasteiger partial charge in [-0.05, 0) is 42.7 Å². The number of hydrogen-bond acceptors (Lipinski definition) is 5. The van der Waals surface area contributed by atoms with Crippen LogP contribution in [0.4, 0.5) is 5.69 Å². The van der Waals surface area contributed by atoms with Crippen molar-refractivity contribution in [3.8, 4) is 5.75 Å². The fourth-order valence-corrected chi connectivity index (χ4v) is 2.09. The number of nitrogens with one attached hydrogen (secondary N) is 1. The van der Waals surface area contributed by atoms with Crippen molar-refractivity contribution in [1.29, 1.82) is 0 Å². The number of nitro groups is 1. The van der Waals surface area contributed by atoms with Crippen LogP contribution in [0.25, 0.3) is 0 Å². The minimum Gasteiger partial charge on any atom is -0.482 e. The van der Waals surface area contributed by atoms with E-state index in [1.165, 1.54) is 12.1 Å².